The van der Waals surface area contributed by atoms with Crippen LogP contribution in [-0.2, 0) is 23.1 Å². The second-order valence-electron chi connectivity index (χ2n) is 7.47. The fraction of sp³-hybridized carbons (Fsp3) is 0.409. The van der Waals surface area contributed by atoms with E-state index in [0.29, 0.717) is 23.9 Å². The zero-order chi connectivity index (χ0) is 21.6. The van der Waals surface area contributed by atoms with Crippen molar-refractivity contribution in [2.45, 2.75) is 51.7 Å². The van der Waals surface area contributed by atoms with E-state index >= 15 is 0 Å². The fourth-order valence-corrected chi connectivity index (χ4v) is 4.22. The Morgan fingerprint density at radius 2 is 1.63 bits per heavy atom. The number of hydrogen-bond donors (Lipinski definition) is 2. The lowest BCUT2D eigenvalue weighted by molar-refractivity contribution is 0.410. The summed E-state index contributed by atoms with van der Waals surface area (Å²) in [6, 6.07) is 13.3. The van der Waals surface area contributed by atoms with Crippen LogP contribution in [0.4, 0.5) is 0 Å². The molecule has 166 valence electrons. The molecule has 30 heavy (non-hydrogen) atoms. The maximum atomic E-state index is 12.5. The second kappa shape index (κ2) is 11.7. The van der Waals surface area contributed by atoms with Crippen molar-refractivity contribution in [1.29, 1.82) is 0 Å². The molecule has 0 radical (unpaired) electrons. The predicted octanol–water partition coefficient (Wildman–Crippen LogP) is 3.82. The maximum Gasteiger partial charge on any atom is 0.243 e. The summed E-state index contributed by atoms with van der Waals surface area (Å²) in [4.78, 5) is 4.56. The van der Waals surface area contributed by atoms with Gasteiger partial charge in [0.2, 0.25) is 10.0 Å². The number of guanidine groups is 1. The van der Waals surface area contributed by atoms with E-state index in [4.69, 9.17) is 0 Å². The summed E-state index contributed by atoms with van der Waals surface area (Å²) in [6.07, 6.45) is 0. The molecule has 0 unspecified atom stereocenters. The van der Waals surface area contributed by atoms with E-state index in [1.165, 1.54) is 21.0 Å². The van der Waals surface area contributed by atoms with Gasteiger partial charge in [-0.1, -0.05) is 35.9 Å². The molecule has 0 amide bonds. The Morgan fingerprint density at radius 1 is 1.03 bits per heavy atom. The molecular formula is C22H33IN4O2S. The molecule has 0 aliphatic heterocycles. The van der Waals surface area contributed by atoms with Crippen LogP contribution in [0.2, 0.25) is 0 Å². The smallest absolute Gasteiger partial charge is 0.243 e. The minimum Gasteiger partial charge on any atom is -0.352 e. The number of aliphatic imine (C=N–C) groups is 1. The molecule has 2 N–H and O–H groups in total. The first-order valence-electron chi connectivity index (χ1n) is 9.72. The third kappa shape index (κ3) is 6.95. The SMILES string of the molecule is CN=C(NCc1ccc(S(=O)(=O)N(C)C(C)C)cc1)NCc1ccc(C)cc1C.I. The molecule has 8 heteroatoms. The van der Waals surface area contributed by atoms with E-state index in [1.807, 2.05) is 26.0 Å². The number of sulfonamides is 1. The normalized spacial score (nSPS) is 12.1. The van der Waals surface area contributed by atoms with Crippen LogP contribution in [0.1, 0.15) is 36.1 Å². The Kier molecular flexibility index (Phi) is 10.3. The highest BCUT2D eigenvalue weighted by atomic mass is 127. The molecule has 6 nitrogen and oxygen atoms in total. The van der Waals surface area contributed by atoms with Gasteiger partial charge in [-0.15, -0.1) is 24.0 Å². The van der Waals surface area contributed by atoms with Crippen molar-refractivity contribution in [1.82, 2.24) is 14.9 Å². The van der Waals surface area contributed by atoms with Crippen LogP contribution in [0.25, 0.3) is 0 Å². The maximum absolute atomic E-state index is 12.5. The molecule has 0 aliphatic rings. The fourth-order valence-electron chi connectivity index (χ4n) is 2.85. The van der Waals surface area contributed by atoms with Gasteiger partial charge < -0.3 is 10.6 Å². The number of rotatable bonds is 7. The lowest BCUT2D eigenvalue weighted by Crippen LogP contribution is -2.36. The van der Waals surface area contributed by atoms with Crippen molar-refractivity contribution in [2.24, 2.45) is 4.99 Å². The Hall–Kier alpha value is -1.65. The predicted molar refractivity (Wildman–Crippen MR) is 135 cm³/mol. The largest absolute Gasteiger partial charge is 0.352 e. The highest BCUT2D eigenvalue weighted by Crippen LogP contribution is 2.17. The molecule has 0 saturated carbocycles. The highest BCUT2D eigenvalue weighted by molar-refractivity contribution is 14.0. The molecule has 0 fully saturated rings. The standard InChI is InChI=1S/C22H32N4O2S.HI/c1-16(2)26(6)29(27,28)21-11-8-19(9-12-21)14-24-22(23-5)25-15-20-10-7-17(3)13-18(20)4;/h7-13,16H,14-15H2,1-6H3,(H2,23,24,25);1H. The van der Waals surface area contributed by atoms with Gasteiger partial charge >= 0.3 is 0 Å². The van der Waals surface area contributed by atoms with Gasteiger partial charge in [0, 0.05) is 33.2 Å². The van der Waals surface area contributed by atoms with Gasteiger partial charge in [-0.2, -0.15) is 4.31 Å². The first-order chi connectivity index (χ1) is 13.6. The molecule has 2 aromatic rings. The molecule has 0 aromatic heterocycles. The molecule has 0 atom stereocenters. The van der Waals surface area contributed by atoms with Gasteiger partial charge in [0.15, 0.2) is 5.96 Å². The van der Waals surface area contributed by atoms with E-state index in [-0.39, 0.29) is 30.0 Å². The van der Waals surface area contributed by atoms with Gasteiger partial charge in [0.1, 0.15) is 0 Å². The molecule has 2 aromatic carbocycles. The molecule has 0 spiro atoms. The van der Waals surface area contributed by atoms with Crippen molar-refractivity contribution in [3.05, 3.63) is 64.7 Å². The van der Waals surface area contributed by atoms with Crippen LogP contribution in [0.5, 0.6) is 0 Å². The lowest BCUT2D eigenvalue weighted by Gasteiger charge is -2.21. The number of benzene rings is 2. The lowest BCUT2D eigenvalue weighted by atomic mass is 10.1. The first-order valence-corrected chi connectivity index (χ1v) is 11.2. The van der Waals surface area contributed by atoms with Crippen LogP contribution >= 0.6 is 24.0 Å². The van der Waals surface area contributed by atoms with Crippen molar-refractivity contribution >= 4 is 40.0 Å². The minimum absolute atomic E-state index is 0. The Labute approximate surface area is 198 Å². The Bertz CT molecular complexity index is 958. The van der Waals surface area contributed by atoms with Crippen molar-refractivity contribution in [3.63, 3.8) is 0 Å². The van der Waals surface area contributed by atoms with Gasteiger partial charge in [-0.25, -0.2) is 8.42 Å². The second-order valence-corrected chi connectivity index (χ2v) is 9.47. The van der Waals surface area contributed by atoms with E-state index in [1.54, 1.807) is 26.2 Å². The number of aryl methyl sites for hydroxylation is 2. The summed E-state index contributed by atoms with van der Waals surface area (Å²) in [5.41, 5.74) is 4.70. The first kappa shape index (κ1) is 26.4. The average molecular weight is 545 g/mol. The van der Waals surface area contributed by atoms with Crippen LogP contribution in [-0.4, -0.2) is 38.8 Å². The van der Waals surface area contributed by atoms with Crippen LogP contribution in [0.15, 0.2) is 52.4 Å². The third-order valence-electron chi connectivity index (χ3n) is 4.96. The van der Waals surface area contributed by atoms with Crippen molar-refractivity contribution in [3.8, 4) is 0 Å². The monoisotopic (exact) mass is 544 g/mol. The molecule has 0 aliphatic carbocycles. The van der Waals surface area contributed by atoms with E-state index in [0.717, 1.165) is 5.56 Å². The van der Waals surface area contributed by atoms with E-state index in [2.05, 4.69) is 47.7 Å². The van der Waals surface area contributed by atoms with Crippen molar-refractivity contribution < 1.29 is 8.42 Å². The number of halogens is 1. The number of hydrogen-bond acceptors (Lipinski definition) is 3. The number of nitrogens with one attached hydrogen (secondary N) is 2. The summed E-state index contributed by atoms with van der Waals surface area (Å²) in [5.74, 6) is 0.696. The minimum atomic E-state index is -3.46. The van der Waals surface area contributed by atoms with Gasteiger partial charge in [0.25, 0.3) is 0 Å². The molecule has 0 saturated heterocycles. The summed E-state index contributed by atoms with van der Waals surface area (Å²) < 4.78 is 26.5. The van der Waals surface area contributed by atoms with Gasteiger partial charge in [0.05, 0.1) is 4.90 Å². The summed E-state index contributed by atoms with van der Waals surface area (Å²) >= 11 is 0. The third-order valence-corrected chi connectivity index (χ3v) is 7.00. The summed E-state index contributed by atoms with van der Waals surface area (Å²) in [7, 11) is -0.132. The zero-order valence-corrected chi connectivity index (χ0v) is 21.7. The van der Waals surface area contributed by atoms with Crippen LogP contribution in [0.3, 0.4) is 0 Å². The van der Waals surface area contributed by atoms with E-state index in [9.17, 15) is 8.42 Å². The quantitative estimate of drug-likeness (QED) is 0.316. The van der Waals surface area contributed by atoms with Gasteiger partial charge in [-0.05, 0) is 56.5 Å². The molecule has 0 heterocycles. The highest BCUT2D eigenvalue weighted by Gasteiger charge is 2.22. The summed E-state index contributed by atoms with van der Waals surface area (Å²) in [5, 5.41) is 6.58. The van der Waals surface area contributed by atoms with Gasteiger partial charge in [-0.3, -0.25) is 4.99 Å². The van der Waals surface area contributed by atoms with Crippen molar-refractivity contribution in [2.75, 3.05) is 14.1 Å². The zero-order valence-electron chi connectivity index (χ0n) is 18.6. The molecular weight excluding hydrogens is 511 g/mol. The average Bonchev–Trinajstić information content (AvgIpc) is 2.69. The summed E-state index contributed by atoms with van der Waals surface area (Å²) in [6.45, 7) is 9.13. The van der Waals surface area contributed by atoms with Crippen LogP contribution in [0, 0.1) is 13.8 Å². The topological polar surface area (TPSA) is 73.8 Å². The van der Waals surface area contributed by atoms with E-state index < -0.39 is 10.0 Å². The van der Waals surface area contributed by atoms with Crippen LogP contribution < -0.4 is 10.6 Å². The number of nitrogens with zero attached hydrogens (tertiary/aromatic N) is 2. The molecule has 2 rings (SSSR count). The Morgan fingerprint density at radius 3 is 2.17 bits per heavy atom. The molecule has 0 bridgehead atoms. The Balaban J connectivity index is 0.00000450.